The topological polar surface area (TPSA) is 49.3 Å². The number of hydrogen-bond acceptors (Lipinski definition) is 3. The lowest BCUT2D eigenvalue weighted by Gasteiger charge is -2.12. The lowest BCUT2D eigenvalue weighted by Crippen LogP contribution is -2.37. The van der Waals surface area contributed by atoms with Crippen molar-refractivity contribution < 1.29 is 0 Å². The van der Waals surface area contributed by atoms with Gasteiger partial charge in [-0.15, -0.1) is 11.3 Å². The third kappa shape index (κ3) is 5.30. The Morgan fingerprint density at radius 3 is 2.67 bits per heavy atom. The molecule has 0 radical (unpaired) electrons. The van der Waals surface area contributed by atoms with Gasteiger partial charge in [-0.2, -0.15) is 0 Å². The second kappa shape index (κ2) is 8.37. The summed E-state index contributed by atoms with van der Waals surface area (Å²) in [5, 5.41) is 7.87. The van der Waals surface area contributed by atoms with Crippen molar-refractivity contribution in [1.29, 1.82) is 0 Å². The summed E-state index contributed by atoms with van der Waals surface area (Å²) in [6.07, 6.45) is 8.35. The Hall–Kier alpha value is -1.10. The zero-order chi connectivity index (χ0) is 15.1. The molecule has 21 heavy (non-hydrogen) atoms. The fourth-order valence-electron chi connectivity index (χ4n) is 2.89. The van der Waals surface area contributed by atoms with Crippen molar-refractivity contribution >= 4 is 17.3 Å². The first-order valence-corrected chi connectivity index (χ1v) is 8.88. The van der Waals surface area contributed by atoms with Crippen molar-refractivity contribution in [2.75, 3.05) is 13.6 Å². The van der Waals surface area contributed by atoms with Crippen molar-refractivity contribution in [1.82, 2.24) is 15.6 Å². The number of thiazole rings is 1. The lowest BCUT2D eigenvalue weighted by atomic mass is 10.0. The molecule has 1 saturated carbocycles. The minimum absolute atomic E-state index is 0.752. The van der Waals surface area contributed by atoms with E-state index in [1.165, 1.54) is 43.4 Å². The van der Waals surface area contributed by atoms with Crippen LogP contribution in [0.1, 0.15) is 54.1 Å². The number of nitrogens with zero attached hydrogens (tertiary/aromatic N) is 2. The number of aryl methyl sites for hydroxylation is 2. The summed E-state index contributed by atoms with van der Waals surface area (Å²) in [5.74, 6) is 1.86. The van der Waals surface area contributed by atoms with E-state index in [2.05, 4.69) is 34.5 Å². The van der Waals surface area contributed by atoms with Crippen LogP contribution in [-0.4, -0.2) is 24.5 Å². The zero-order valence-corrected chi connectivity index (χ0v) is 14.4. The second-order valence-electron chi connectivity index (χ2n) is 5.89. The van der Waals surface area contributed by atoms with Crippen LogP contribution < -0.4 is 10.6 Å². The van der Waals surface area contributed by atoms with Gasteiger partial charge >= 0.3 is 0 Å². The molecule has 1 heterocycles. The molecule has 0 amide bonds. The number of hydrogen-bond donors (Lipinski definition) is 2. The standard InChI is InChI=1S/C16H28N4S/c1-12-13(2)21-15(20-12)11-19-16(17-3)18-10-6-9-14-7-4-5-8-14/h14H,4-11H2,1-3H3,(H2,17,18,19). The maximum Gasteiger partial charge on any atom is 0.191 e. The Morgan fingerprint density at radius 1 is 1.29 bits per heavy atom. The van der Waals surface area contributed by atoms with Gasteiger partial charge in [0.25, 0.3) is 0 Å². The van der Waals surface area contributed by atoms with E-state index < -0.39 is 0 Å². The molecule has 0 spiro atoms. The summed E-state index contributed by atoms with van der Waals surface area (Å²) >= 11 is 1.76. The fourth-order valence-corrected chi connectivity index (χ4v) is 3.76. The molecule has 1 aromatic heterocycles. The van der Waals surface area contributed by atoms with Gasteiger partial charge in [-0.1, -0.05) is 25.7 Å². The van der Waals surface area contributed by atoms with E-state index >= 15 is 0 Å². The first kappa shape index (κ1) is 16.3. The van der Waals surface area contributed by atoms with Gasteiger partial charge in [0.05, 0.1) is 12.2 Å². The highest BCUT2D eigenvalue weighted by molar-refractivity contribution is 7.11. The third-order valence-electron chi connectivity index (χ3n) is 4.26. The van der Waals surface area contributed by atoms with Gasteiger partial charge in [0.1, 0.15) is 5.01 Å². The predicted octanol–water partition coefficient (Wildman–Crippen LogP) is 3.40. The quantitative estimate of drug-likeness (QED) is 0.481. The predicted molar refractivity (Wildman–Crippen MR) is 91.0 cm³/mol. The van der Waals surface area contributed by atoms with Crippen LogP contribution in [0.25, 0.3) is 0 Å². The molecule has 4 nitrogen and oxygen atoms in total. The van der Waals surface area contributed by atoms with Gasteiger partial charge in [0, 0.05) is 18.5 Å². The number of nitrogens with one attached hydrogen (secondary N) is 2. The summed E-state index contributed by atoms with van der Waals surface area (Å²) in [4.78, 5) is 10.1. The average Bonchev–Trinajstić information content (AvgIpc) is 3.09. The highest BCUT2D eigenvalue weighted by atomic mass is 32.1. The van der Waals surface area contributed by atoms with Crippen molar-refractivity contribution in [3.63, 3.8) is 0 Å². The maximum absolute atomic E-state index is 4.54. The molecule has 0 aromatic carbocycles. The molecule has 2 N–H and O–H groups in total. The van der Waals surface area contributed by atoms with E-state index in [9.17, 15) is 0 Å². The molecule has 0 aliphatic heterocycles. The summed E-state index contributed by atoms with van der Waals surface area (Å²) in [5.41, 5.74) is 1.14. The van der Waals surface area contributed by atoms with Crippen LogP contribution in [0.4, 0.5) is 0 Å². The Balaban J connectivity index is 1.63. The van der Waals surface area contributed by atoms with Crippen LogP contribution in [0, 0.1) is 19.8 Å². The molecule has 5 heteroatoms. The monoisotopic (exact) mass is 308 g/mol. The molecule has 2 rings (SSSR count). The van der Waals surface area contributed by atoms with Crippen LogP contribution >= 0.6 is 11.3 Å². The normalized spacial score (nSPS) is 16.4. The Bertz CT molecular complexity index is 441. The van der Waals surface area contributed by atoms with E-state index in [1.54, 1.807) is 11.3 Å². The fraction of sp³-hybridized carbons (Fsp3) is 0.750. The minimum atomic E-state index is 0.752. The van der Waals surface area contributed by atoms with Crippen molar-refractivity contribution in [3.8, 4) is 0 Å². The molecular weight excluding hydrogens is 280 g/mol. The number of aliphatic imine (C=N–C) groups is 1. The van der Waals surface area contributed by atoms with Crippen LogP contribution in [0.2, 0.25) is 0 Å². The molecule has 0 atom stereocenters. The SMILES string of the molecule is CN=C(NCCCC1CCCC1)NCc1nc(C)c(C)s1. The maximum atomic E-state index is 4.54. The van der Waals surface area contributed by atoms with E-state index in [4.69, 9.17) is 0 Å². The van der Waals surface area contributed by atoms with Crippen molar-refractivity contribution in [2.24, 2.45) is 10.9 Å². The van der Waals surface area contributed by atoms with Gasteiger partial charge in [0.15, 0.2) is 5.96 Å². The van der Waals surface area contributed by atoms with Crippen LogP contribution in [0.5, 0.6) is 0 Å². The summed E-state index contributed by atoms with van der Waals surface area (Å²) in [6.45, 7) is 5.94. The molecule has 0 saturated heterocycles. The van der Waals surface area contributed by atoms with E-state index in [0.717, 1.165) is 35.7 Å². The van der Waals surface area contributed by atoms with Crippen molar-refractivity contribution in [3.05, 3.63) is 15.6 Å². The molecule has 1 fully saturated rings. The Morgan fingerprint density at radius 2 is 2.05 bits per heavy atom. The van der Waals surface area contributed by atoms with E-state index in [-0.39, 0.29) is 0 Å². The molecule has 1 aromatic rings. The average molecular weight is 308 g/mol. The Labute approximate surface area is 132 Å². The van der Waals surface area contributed by atoms with Gasteiger partial charge in [0.2, 0.25) is 0 Å². The highest BCUT2D eigenvalue weighted by Gasteiger charge is 2.14. The molecular formula is C16H28N4S. The summed E-state index contributed by atoms with van der Waals surface area (Å²) in [7, 11) is 1.82. The molecule has 0 bridgehead atoms. The van der Waals surface area contributed by atoms with Crippen LogP contribution in [0.15, 0.2) is 4.99 Å². The van der Waals surface area contributed by atoms with Gasteiger partial charge in [-0.3, -0.25) is 4.99 Å². The van der Waals surface area contributed by atoms with Crippen LogP contribution in [-0.2, 0) is 6.54 Å². The lowest BCUT2D eigenvalue weighted by molar-refractivity contribution is 0.481. The second-order valence-corrected chi connectivity index (χ2v) is 7.18. The highest BCUT2D eigenvalue weighted by Crippen LogP contribution is 2.28. The summed E-state index contributed by atoms with van der Waals surface area (Å²) in [6, 6.07) is 0. The molecule has 118 valence electrons. The zero-order valence-electron chi connectivity index (χ0n) is 13.5. The van der Waals surface area contributed by atoms with Crippen LogP contribution in [0.3, 0.4) is 0 Å². The third-order valence-corrected chi connectivity index (χ3v) is 5.33. The number of guanidine groups is 1. The van der Waals surface area contributed by atoms with Gasteiger partial charge < -0.3 is 10.6 Å². The first-order valence-electron chi connectivity index (χ1n) is 8.06. The largest absolute Gasteiger partial charge is 0.356 e. The number of rotatable bonds is 6. The van der Waals surface area contributed by atoms with E-state index in [1.807, 2.05) is 7.05 Å². The van der Waals surface area contributed by atoms with Gasteiger partial charge in [-0.25, -0.2) is 4.98 Å². The molecule has 0 unspecified atom stereocenters. The Kier molecular flexibility index (Phi) is 6.49. The molecule has 1 aliphatic rings. The number of aromatic nitrogens is 1. The van der Waals surface area contributed by atoms with Gasteiger partial charge in [-0.05, 0) is 32.6 Å². The smallest absolute Gasteiger partial charge is 0.191 e. The first-order chi connectivity index (χ1) is 10.2. The van der Waals surface area contributed by atoms with Crippen molar-refractivity contribution in [2.45, 2.75) is 58.9 Å². The molecule has 1 aliphatic carbocycles. The summed E-state index contributed by atoms with van der Waals surface area (Å²) < 4.78 is 0. The minimum Gasteiger partial charge on any atom is -0.356 e. The van der Waals surface area contributed by atoms with E-state index in [0.29, 0.717) is 0 Å².